The number of aryl methyl sites for hydroxylation is 1. The average Bonchev–Trinajstić information content (AvgIpc) is 2.37. The van der Waals surface area contributed by atoms with Gasteiger partial charge in [-0.15, -0.1) is 0 Å². The molecule has 18 heavy (non-hydrogen) atoms. The molecule has 0 aromatic heterocycles. The molecule has 5 nitrogen and oxygen atoms in total. The molecule has 0 saturated heterocycles. The first kappa shape index (κ1) is 12.9. The maximum atomic E-state index is 11.4. The van der Waals surface area contributed by atoms with Gasteiger partial charge in [0.1, 0.15) is 5.75 Å². The van der Waals surface area contributed by atoms with E-state index in [0.29, 0.717) is 23.1 Å². The van der Waals surface area contributed by atoms with E-state index in [-0.39, 0.29) is 5.56 Å². The first-order valence-corrected chi connectivity index (χ1v) is 6.12. The minimum absolute atomic E-state index is 0.195. The van der Waals surface area contributed by atoms with Gasteiger partial charge < -0.3 is 14.6 Å². The molecule has 1 heterocycles. The van der Waals surface area contributed by atoms with Crippen LogP contribution in [0.15, 0.2) is 16.6 Å². The monoisotopic (exact) mass is 314 g/mol. The number of carboxylic acid groups (broad SMARTS) is 1. The highest BCUT2D eigenvalue weighted by Gasteiger charge is 2.29. The summed E-state index contributed by atoms with van der Waals surface area (Å²) in [6, 6.07) is 3.02. The van der Waals surface area contributed by atoms with Crippen LogP contribution in [-0.2, 0) is 16.0 Å². The number of rotatable bonds is 2. The van der Waals surface area contributed by atoms with Gasteiger partial charge in [0, 0.05) is 0 Å². The highest BCUT2D eigenvalue weighted by atomic mass is 79.9. The fourth-order valence-corrected chi connectivity index (χ4v) is 2.47. The second-order valence-electron chi connectivity index (χ2n) is 3.92. The predicted octanol–water partition coefficient (Wildman–Crippen LogP) is 2.01. The fourth-order valence-electron chi connectivity index (χ4n) is 1.88. The van der Waals surface area contributed by atoms with Crippen LogP contribution in [0.1, 0.15) is 22.3 Å². The van der Waals surface area contributed by atoms with Crippen LogP contribution in [0.25, 0.3) is 0 Å². The third-order valence-corrected chi connectivity index (χ3v) is 3.36. The molecule has 0 radical (unpaired) electrons. The lowest BCUT2D eigenvalue weighted by Crippen LogP contribution is -2.32. The van der Waals surface area contributed by atoms with E-state index in [1.165, 1.54) is 13.2 Å². The number of esters is 1. The zero-order chi connectivity index (χ0) is 13.3. The molecule has 1 atom stereocenters. The molecular weight excluding hydrogens is 304 g/mol. The molecule has 1 aromatic rings. The molecule has 96 valence electrons. The molecule has 2 rings (SSSR count). The minimum Gasteiger partial charge on any atom is -0.478 e. The van der Waals surface area contributed by atoms with Crippen molar-refractivity contribution >= 4 is 27.9 Å². The van der Waals surface area contributed by atoms with Crippen molar-refractivity contribution in [1.29, 1.82) is 0 Å². The van der Waals surface area contributed by atoms with Crippen LogP contribution in [0.3, 0.4) is 0 Å². The van der Waals surface area contributed by atoms with E-state index in [0.717, 1.165) is 5.56 Å². The normalized spacial score (nSPS) is 17.6. The third-order valence-electron chi connectivity index (χ3n) is 2.77. The molecular formula is C12H11BrO5. The lowest BCUT2D eigenvalue weighted by Gasteiger charge is -2.25. The second kappa shape index (κ2) is 4.97. The molecule has 0 saturated carbocycles. The summed E-state index contributed by atoms with van der Waals surface area (Å²) in [6.07, 6.45) is 0.429. The molecule has 0 amide bonds. The first-order valence-electron chi connectivity index (χ1n) is 5.33. The summed E-state index contributed by atoms with van der Waals surface area (Å²) in [6.45, 7) is 0. The summed E-state index contributed by atoms with van der Waals surface area (Å²) >= 11 is 3.26. The van der Waals surface area contributed by atoms with Crippen molar-refractivity contribution in [3.63, 3.8) is 0 Å². The van der Waals surface area contributed by atoms with Crippen LogP contribution in [0.4, 0.5) is 0 Å². The predicted molar refractivity (Wildman–Crippen MR) is 65.9 cm³/mol. The molecule has 1 N–H and O–H groups in total. The largest absolute Gasteiger partial charge is 0.478 e. The maximum absolute atomic E-state index is 11.4. The van der Waals surface area contributed by atoms with Gasteiger partial charge in [-0.1, -0.05) is 0 Å². The van der Waals surface area contributed by atoms with Gasteiger partial charge in [0.05, 0.1) is 17.1 Å². The highest BCUT2D eigenvalue weighted by molar-refractivity contribution is 9.10. The summed E-state index contributed by atoms with van der Waals surface area (Å²) in [4.78, 5) is 22.3. The van der Waals surface area contributed by atoms with Crippen molar-refractivity contribution in [3.05, 3.63) is 27.7 Å². The zero-order valence-electron chi connectivity index (χ0n) is 9.60. The van der Waals surface area contributed by atoms with Gasteiger partial charge >= 0.3 is 11.9 Å². The number of carbonyl (C=O) groups is 2. The van der Waals surface area contributed by atoms with Crippen LogP contribution in [0.2, 0.25) is 0 Å². The fraction of sp³-hybridized carbons (Fsp3) is 0.333. The molecule has 1 aliphatic rings. The molecule has 0 aliphatic carbocycles. The Kier molecular flexibility index (Phi) is 3.56. The Labute approximate surface area is 112 Å². The number of hydrogen-bond acceptors (Lipinski definition) is 4. The summed E-state index contributed by atoms with van der Waals surface area (Å²) in [5.41, 5.74) is 0.975. The number of carboxylic acids is 1. The van der Waals surface area contributed by atoms with E-state index in [1.807, 2.05) is 0 Å². The summed E-state index contributed by atoms with van der Waals surface area (Å²) in [5, 5.41) is 8.95. The van der Waals surface area contributed by atoms with Gasteiger partial charge in [0.2, 0.25) is 0 Å². The highest BCUT2D eigenvalue weighted by Crippen LogP contribution is 2.36. The number of methoxy groups -OCH3 is 1. The molecule has 1 aliphatic heterocycles. The van der Waals surface area contributed by atoms with Gasteiger partial charge in [-0.2, -0.15) is 0 Å². The molecule has 1 aromatic carbocycles. The van der Waals surface area contributed by atoms with E-state index >= 15 is 0 Å². The van der Waals surface area contributed by atoms with Crippen LogP contribution in [-0.4, -0.2) is 30.3 Å². The average molecular weight is 315 g/mol. The lowest BCUT2D eigenvalue weighted by atomic mass is 10.00. The Morgan fingerprint density at radius 3 is 2.83 bits per heavy atom. The minimum atomic E-state index is -0.992. The van der Waals surface area contributed by atoms with Gasteiger partial charge in [-0.25, -0.2) is 9.59 Å². The Morgan fingerprint density at radius 1 is 1.50 bits per heavy atom. The number of carbonyl (C=O) groups excluding carboxylic acids is 1. The van der Waals surface area contributed by atoms with Gasteiger partial charge in [-0.05, 0) is 46.5 Å². The van der Waals surface area contributed by atoms with Crippen LogP contribution >= 0.6 is 15.9 Å². The van der Waals surface area contributed by atoms with E-state index in [4.69, 9.17) is 9.84 Å². The molecule has 0 fully saturated rings. The first-order chi connectivity index (χ1) is 8.52. The van der Waals surface area contributed by atoms with Crippen molar-refractivity contribution in [2.24, 2.45) is 0 Å². The van der Waals surface area contributed by atoms with Crippen molar-refractivity contribution in [1.82, 2.24) is 0 Å². The van der Waals surface area contributed by atoms with Crippen LogP contribution in [0, 0.1) is 0 Å². The molecule has 1 unspecified atom stereocenters. The Morgan fingerprint density at radius 2 is 2.22 bits per heavy atom. The topological polar surface area (TPSA) is 72.8 Å². The van der Waals surface area contributed by atoms with Crippen molar-refractivity contribution < 1.29 is 24.2 Å². The van der Waals surface area contributed by atoms with Crippen molar-refractivity contribution in [2.75, 3.05) is 7.11 Å². The third kappa shape index (κ3) is 2.33. The molecule has 6 heteroatoms. The van der Waals surface area contributed by atoms with E-state index in [9.17, 15) is 9.59 Å². The molecule has 0 bridgehead atoms. The van der Waals surface area contributed by atoms with Crippen molar-refractivity contribution in [2.45, 2.75) is 18.9 Å². The van der Waals surface area contributed by atoms with Crippen LogP contribution in [0.5, 0.6) is 5.75 Å². The van der Waals surface area contributed by atoms with Crippen molar-refractivity contribution in [3.8, 4) is 5.75 Å². The smallest absolute Gasteiger partial charge is 0.347 e. The Bertz CT molecular complexity index is 511. The number of fused-ring (bicyclic) bond motifs is 1. The standard InChI is InChI=1S/C12H11BrO5/c1-17-12(16)9-3-2-6-4-7(11(14)15)5-8(13)10(6)18-9/h4-5,9H,2-3H2,1H3,(H,14,15). The van der Waals surface area contributed by atoms with Gasteiger partial charge in [-0.3, -0.25) is 0 Å². The van der Waals surface area contributed by atoms with Gasteiger partial charge in [0.25, 0.3) is 0 Å². The van der Waals surface area contributed by atoms with E-state index in [1.54, 1.807) is 6.07 Å². The number of aromatic carboxylic acids is 1. The van der Waals surface area contributed by atoms with Crippen LogP contribution < -0.4 is 4.74 Å². The lowest BCUT2D eigenvalue weighted by molar-refractivity contribution is -0.149. The number of halogens is 1. The SMILES string of the molecule is COC(=O)C1CCc2cc(C(=O)O)cc(Br)c2O1. The summed E-state index contributed by atoms with van der Waals surface area (Å²) < 4.78 is 10.7. The Balaban J connectivity index is 2.34. The summed E-state index contributed by atoms with van der Waals surface area (Å²) in [5.74, 6) is -0.898. The number of benzene rings is 1. The maximum Gasteiger partial charge on any atom is 0.347 e. The number of hydrogen-bond donors (Lipinski definition) is 1. The summed E-state index contributed by atoms with van der Waals surface area (Å²) in [7, 11) is 1.31. The quantitative estimate of drug-likeness (QED) is 0.845. The molecule has 0 spiro atoms. The Hall–Kier alpha value is -1.56. The second-order valence-corrected chi connectivity index (χ2v) is 4.77. The number of ether oxygens (including phenoxy) is 2. The van der Waals surface area contributed by atoms with Gasteiger partial charge in [0.15, 0.2) is 6.10 Å². The van der Waals surface area contributed by atoms with E-state index < -0.39 is 18.0 Å². The zero-order valence-corrected chi connectivity index (χ0v) is 11.2. The van der Waals surface area contributed by atoms with E-state index in [2.05, 4.69) is 20.7 Å².